The molecule has 0 aliphatic carbocycles. The Kier molecular flexibility index (Phi) is 3.47. The molecule has 1 aromatic carbocycles. The molecule has 3 nitrogen and oxygen atoms in total. The number of furan rings is 1. The van der Waals surface area contributed by atoms with Crippen LogP contribution < -0.4 is 4.74 Å². The molecule has 1 heterocycles. The van der Waals surface area contributed by atoms with Gasteiger partial charge in [-0.25, -0.2) is 0 Å². The number of ether oxygens (including phenoxy) is 1. The van der Waals surface area contributed by atoms with Gasteiger partial charge in [0.1, 0.15) is 11.5 Å². The fraction of sp³-hybridized carbons (Fsp3) is 0.357. The zero-order valence-corrected chi connectivity index (χ0v) is 10.2. The summed E-state index contributed by atoms with van der Waals surface area (Å²) in [6, 6.07) is 7.62. The van der Waals surface area contributed by atoms with Gasteiger partial charge in [0.15, 0.2) is 11.3 Å². The van der Waals surface area contributed by atoms with Gasteiger partial charge in [-0.2, -0.15) is 0 Å². The topological polar surface area (TPSA) is 39.4 Å². The Balaban J connectivity index is 2.28. The van der Waals surface area contributed by atoms with Gasteiger partial charge in [-0.15, -0.1) is 0 Å². The number of hydrogen-bond donors (Lipinski definition) is 0. The largest absolute Gasteiger partial charge is 0.493 e. The molecule has 90 valence electrons. The summed E-state index contributed by atoms with van der Waals surface area (Å²) >= 11 is 0. The minimum absolute atomic E-state index is 0.213. The van der Waals surface area contributed by atoms with Crippen molar-refractivity contribution in [3.63, 3.8) is 0 Å². The van der Waals surface area contributed by atoms with Gasteiger partial charge in [-0.1, -0.05) is 19.1 Å². The lowest BCUT2D eigenvalue weighted by atomic mass is 10.1. The molecular weight excluding hydrogens is 216 g/mol. The van der Waals surface area contributed by atoms with E-state index in [9.17, 15) is 4.79 Å². The van der Waals surface area contributed by atoms with Gasteiger partial charge < -0.3 is 9.15 Å². The molecule has 0 N–H and O–H groups in total. The van der Waals surface area contributed by atoms with Crippen molar-refractivity contribution in [2.24, 2.45) is 0 Å². The van der Waals surface area contributed by atoms with Crippen molar-refractivity contribution >= 4 is 16.8 Å². The molecule has 2 rings (SSSR count). The molecule has 0 saturated heterocycles. The van der Waals surface area contributed by atoms with Crippen LogP contribution in [0.25, 0.3) is 11.0 Å². The first-order valence-electron chi connectivity index (χ1n) is 5.81. The molecule has 0 amide bonds. The van der Waals surface area contributed by atoms with Crippen LogP contribution in [-0.4, -0.2) is 12.9 Å². The van der Waals surface area contributed by atoms with E-state index in [4.69, 9.17) is 9.15 Å². The summed E-state index contributed by atoms with van der Waals surface area (Å²) in [6.45, 7) is 2.00. The number of hydrogen-bond acceptors (Lipinski definition) is 3. The molecule has 17 heavy (non-hydrogen) atoms. The van der Waals surface area contributed by atoms with Crippen molar-refractivity contribution in [3.05, 3.63) is 30.0 Å². The van der Waals surface area contributed by atoms with Crippen molar-refractivity contribution in [1.82, 2.24) is 0 Å². The summed E-state index contributed by atoms with van der Waals surface area (Å²) in [4.78, 5) is 11.6. The van der Waals surface area contributed by atoms with E-state index >= 15 is 0 Å². The highest BCUT2D eigenvalue weighted by molar-refractivity contribution is 5.86. The van der Waals surface area contributed by atoms with Crippen LogP contribution in [-0.2, 0) is 11.2 Å². The molecule has 1 aromatic heterocycles. The lowest BCUT2D eigenvalue weighted by Gasteiger charge is -1.98. The second-order valence-corrected chi connectivity index (χ2v) is 4.06. The van der Waals surface area contributed by atoms with Gasteiger partial charge in [0.2, 0.25) is 0 Å². The van der Waals surface area contributed by atoms with E-state index in [0.717, 1.165) is 11.8 Å². The summed E-state index contributed by atoms with van der Waals surface area (Å²) < 4.78 is 10.9. The molecule has 0 bridgehead atoms. The third kappa shape index (κ3) is 2.49. The Morgan fingerprint density at radius 3 is 2.94 bits per heavy atom. The van der Waals surface area contributed by atoms with Crippen molar-refractivity contribution in [1.29, 1.82) is 0 Å². The summed E-state index contributed by atoms with van der Waals surface area (Å²) in [5.41, 5.74) is 0.717. The van der Waals surface area contributed by atoms with E-state index in [-0.39, 0.29) is 5.78 Å². The number of carbonyl (C=O) groups excluding carboxylic acids is 1. The highest BCUT2D eigenvalue weighted by atomic mass is 16.5. The number of carbonyl (C=O) groups is 1. The fourth-order valence-electron chi connectivity index (χ4n) is 1.90. The van der Waals surface area contributed by atoms with E-state index in [1.807, 2.05) is 31.2 Å². The van der Waals surface area contributed by atoms with Crippen molar-refractivity contribution < 1.29 is 13.9 Å². The van der Waals surface area contributed by atoms with Crippen LogP contribution in [0, 0.1) is 0 Å². The maximum atomic E-state index is 11.6. The summed E-state index contributed by atoms with van der Waals surface area (Å²) in [6.07, 6.45) is 1.85. The van der Waals surface area contributed by atoms with Crippen LogP contribution in [0.4, 0.5) is 0 Å². The Hall–Kier alpha value is -1.77. The molecule has 0 aliphatic heterocycles. The van der Waals surface area contributed by atoms with Crippen molar-refractivity contribution in [2.45, 2.75) is 26.2 Å². The monoisotopic (exact) mass is 232 g/mol. The summed E-state index contributed by atoms with van der Waals surface area (Å²) in [5.74, 6) is 1.63. The maximum absolute atomic E-state index is 11.6. The van der Waals surface area contributed by atoms with Crippen LogP contribution in [0.3, 0.4) is 0 Å². The zero-order chi connectivity index (χ0) is 12.3. The number of benzene rings is 1. The van der Waals surface area contributed by atoms with E-state index < -0.39 is 0 Å². The number of para-hydroxylation sites is 1. The molecular formula is C14H16O3. The molecule has 0 saturated carbocycles. The molecule has 0 radical (unpaired) electrons. The molecule has 0 atom stereocenters. The standard InChI is InChI=1S/C14H16O3/c1-3-5-11(15)9-12-8-10-6-4-7-13(16-2)14(10)17-12/h4,6-8H,3,5,9H2,1-2H3. The first-order valence-corrected chi connectivity index (χ1v) is 5.81. The third-order valence-corrected chi connectivity index (χ3v) is 2.68. The highest BCUT2D eigenvalue weighted by Crippen LogP contribution is 2.28. The SMILES string of the molecule is CCCC(=O)Cc1cc2cccc(OC)c2o1. The number of methoxy groups -OCH3 is 1. The predicted octanol–water partition coefficient (Wildman–Crippen LogP) is 3.35. The van der Waals surface area contributed by atoms with Gasteiger partial charge in [0.05, 0.1) is 13.5 Å². The minimum atomic E-state index is 0.213. The van der Waals surface area contributed by atoms with Gasteiger partial charge in [0, 0.05) is 11.8 Å². The predicted molar refractivity (Wildman–Crippen MR) is 66.4 cm³/mol. The van der Waals surface area contributed by atoms with Crippen LogP contribution in [0.15, 0.2) is 28.7 Å². The minimum Gasteiger partial charge on any atom is -0.493 e. The molecule has 0 unspecified atom stereocenters. The van der Waals surface area contributed by atoms with Crippen molar-refractivity contribution in [3.8, 4) is 5.75 Å². The quantitative estimate of drug-likeness (QED) is 0.793. The lowest BCUT2D eigenvalue weighted by Crippen LogP contribution is -2.00. The van der Waals surface area contributed by atoms with E-state index in [1.165, 1.54) is 0 Å². The average molecular weight is 232 g/mol. The number of ketones is 1. The Bertz CT molecular complexity index is 525. The molecule has 2 aromatic rings. The molecule has 0 fully saturated rings. The number of Topliss-reactive ketones (excluding diaryl/α,β-unsaturated/α-hetero) is 1. The van der Waals surface area contributed by atoms with E-state index in [1.54, 1.807) is 7.11 Å². The first kappa shape index (κ1) is 11.7. The van der Waals surface area contributed by atoms with Gasteiger partial charge in [-0.3, -0.25) is 4.79 Å². The van der Waals surface area contributed by atoms with Crippen LogP contribution >= 0.6 is 0 Å². The first-order chi connectivity index (χ1) is 8.24. The number of rotatable bonds is 5. The normalized spacial score (nSPS) is 10.7. The molecule has 0 spiro atoms. The second kappa shape index (κ2) is 5.04. The third-order valence-electron chi connectivity index (χ3n) is 2.68. The van der Waals surface area contributed by atoms with Crippen LogP contribution in [0.1, 0.15) is 25.5 Å². The number of fused-ring (bicyclic) bond motifs is 1. The lowest BCUT2D eigenvalue weighted by molar-refractivity contribution is -0.118. The smallest absolute Gasteiger partial charge is 0.176 e. The van der Waals surface area contributed by atoms with E-state index in [0.29, 0.717) is 29.9 Å². The highest BCUT2D eigenvalue weighted by Gasteiger charge is 2.11. The molecule has 0 aliphatic rings. The van der Waals surface area contributed by atoms with Gasteiger partial charge >= 0.3 is 0 Å². The van der Waals surface area contributed by atoms with E-state index in [2.05, 4.69) is 0 Å². The average Bonchev–Trinajstić information content (AvgIpc) is 2.70. The zero-order valence-electron chi connectivity index (χ0n) is 10.2. The maximum Gasteiger partial charge on any atom is 0.176 e. The summed E-state index contributed by atoms with van der Waals surface area (Å²) in [5, 5.41) is 0.976. The second-order valence-electron chi connectivity index (χ2n) is 4.06. The van der Waals surface area contributed by atoms with Crippen LogP contribution in [0.2, 0.25) is 0 Å². The van der Waals surface area contributed by atoms with Crippen molar-refractivity contribution in [2.75, 3.05) is 7.11 Å². The summed E-state index contributed by atoms with van der Waals surface area (Å²) in [7, 11) is 1.61. The Labute approximate surface area is 100 Å². The molecule has 3 heteroatoms. The van der Waals surface area contributed by atoms with Gasteiger partial charge in [-0.05, 0) is 18.6 Å². The Morgan fingerprint density at radius 1 is 1.41 bits per heavy atom. The Morgan fingerprint density at radius 2 is 2.24 bits per heavy atom. The van der Waals surface area contributed by atoms with Gasteiger partial charge in [0.25, 0.3) is 0 Å². The fourth-order valence-corrected chi connectivity index (χ4v) is 1.90. The van der Waals surface area contributed by atoms with Crippen LogP contribution in [0.5, 0.6) is 5.75 Å².